The first-order valence-electron chi connectivity index (χ1n) is 6.31. The lowest BCUT2D eigenvalue weighted by molar-refractivity contribution is 0.0977. The van der Waals surface area contributed by atoms with E-state index in [4.69, 9.17) is 0 Å². The van der Waals surface area contributed by atoms with Gasteiger partial charge in [0.05, 0.1) is 0 Å². The number of hydrogen-bond donors (Lipinski definition) is 0. The fourth-order valence-corrected chi connectivity index (χ4v) is 2.52. The van der Waals surface area contributed by atoms with Crippen molar-refractivity contribution in [2.24, 2.45) is 0 Å². The van der Waals surface area contributed by atoms with Crippen molar-refractivity contribution in [2.75, 3.05) is 27.2 Å². The SMILES string of the molecule is CN(C)F.FC1CCN(C2CCCCC2)C1. The predicted molar refractivity (Wildman–Crippen MR) is 62.8 cm³/mol. The highest BCUT2D eigenvalue weighted by molar-refractivity contribution is 4.83. The van der Waals surface area contributed by atoms with E-state index in [1.807, 2.05) is 0 Å². The Hall–Kier alpha value is -0.220. The van der Waals surface area contributed by atoms with Crippen LogP contribution >= 0.6 is 0 Å². The third-order valence-electron chi connectivity index (χ3n) is 3.25. The summed E-state index contributed by atoms with van der Waals surface area (Å²) in [7, 11) is 2.67. The lowest BCUT2D eigenvalue weighted by atomic mass is 9.94. The van der Waals surface area contributed by atoms with Crippen LogP contribution in [0.1, 0.15) is 38.5 Å². The second-order valence-corrected chi connectivity index (χ2v) is 4.96. The summed E-state index contributed by atoms with van der Waals surface area (Å²) in [5, 5.41) is 0.500. The van der Waals surface area contributed by atoms with Crippen LogP contribution < -0.4 is 0 Å². The summed E-state index contributed by atoms with van der Waals surface area (Å²) >= 11 is 0. The smallest absolute Gasteiger partial charge is 0.114 e. The van der Waals surface area contributed by atoms with Crippen molar-refractivity contribution in [3.63, 3.8) is 0 Å². The highest BCUT2D eigenvalue weighted by atomic mass is 19.2. The van der Waals surface area contributed by atoms with E-state index in [9.17, 15) is 8.87 Å². The molecule has 0 aromatic rings. The van der Waals surface area contributed by atoms with Gasteiger partial charge in [0.25, 0.3) is 0 Å². The minimum atomic E-state index is -0.535. The van der Waals surface area contributed by atoms with Crippen LogP contribution in [0.15, 0.2) is 0 Å². The molecule has 1 aliphatic carbocycles. The molecule has 2 rings (SSSR count). The van der Waals surface area contributed by atoms with Gasteiger partial charge >= 0.3 is 0 Å². The molecule has 1 saturated heterocycles. The molecule has 1 saturated carbocycles. The van der Waals surface area contributed by atoms with E-state index >= 15 is 0 Å². The van der Waals surface area contributed by atoms with Crippen LogP contribution in [0.3, 0.4) is 0 Å². The van der Waals surface area contributed by atoms with E-state index in [2.05, 4.69) is 4.90 Å². The topological polar surface area (TPSA) is 6.48 Å². The zero-order valence-corrected chi connectivity index (χ0v) is 10.5. The summed E-state index contributed by atoms with van der Waals surface area (Å²) in [4.78, 5) is 2.36. The summed E-state index contributed by atoms with van der Waals surface area (Å²) in [6.07, 6.45) is 6.97. The number of likely N-dealkylation sites (tertiary alicyclic amines) is 1. The Bertz CT molecular complexity index is 176. The molecule has 2 nitrogen and oxygen atoms in total. The number of hydrogen-bond acceptors (Lipinski definition) is 2. The standard InChI is InChI=1S/C10H18FN.C2H6FN/c11-9-6-7-12(8-9)10-4-2-1-3-5-10;1-4(2)3/h9-10H,1-8H2;1-2H3. The Morgan fingerprint density at radius 2 is 1.62 bits per heavy atom. The molecule has 2 fully saturated rings. The fourth-order valence-electron chi connectivity index (χ4n) is 2.52. The summed E-state index contributed by atoms with van der Waals surface area (Å²) in [6, 6.07) is 0.722. The second-order valence-electron chi connectivity index (χ2n) is 4.96. The zero-order chi connectivity index (χ0) is 12.0. The summed E-state index contributed by atoms with van der Waals surface area (Å²) in [5.74, 6) is 0. The summed E-state index contributed by atoms with van der Waals surface area (Å²) in [5.41, 5.74) is 0. The number of nitrogens with zero attached hydrogens (tertiary/aromatic N) is 2. The van der Waals surface area contributed by atoms with Gasteiger partial charge in [-0.05, 0) is 19.3 Å². The normalized spacial score (nSPS) is 27.9. The van der Waals surface area contributed by atoms with Gasteiger partial charge in [0, 0.05) is 33.2 Å². The van der Waals surface area contributed by atoms with E-state index in [1.54, 1.807) is 0 Å². The first-order chi connectivity index (χ1) is 7.59. The van der Waals surface area contributed by atoms with Gasteiger partial charge in [-0.15, -0.1) is 4.48 Å². The monoisotopic (exact) mass is 234 g/mol. The maximum absolute atomic E-state index is 12.9. The second kappa shape index (κ2) is 7.17. The summed E-state index contributed by atoms with van der Waals surface area (Å²) < 4.78 is 23.7. The molecule has 0 N–H and O–H groups in total. The van der Waals surface area contributed by atoms with Gasteiger partial charge in [0.15, 0.2) is 0 Å². The first-order valence-corrected chi connectivity index (χ1v) is 6.31. The van der Waals surface area contributed by atoms with Gasteiger partial charge in [-0.2, -0.15) is 5.12 Å². The van der Waals surface area contributed by atoms with Crippen LogP contribution in [0.4, 0.5) is 8.87 Å². The fraction of sp³-hybridized carbons (Fsp3) is 1.00. The van der Waals surface area contributed by atoms with Gasteiger partial charge in [-0.25, -0.2) is 4.39 Å². The zero-order valence-electron chi connectivity index (χ0n) is 10.5. The van der Waals surface area contributed by atoms with Crippen LogP contribution in [0.25, 0.3) is 0 Å². The molecule has 0 radical (unpaired) electrons. The van der Waals surface area contributed by atoms with Crippen molar-refractivity contribution in [1.29, 1.82) is 0 Å². The Morgan fingerprint density at radius 3 is 2.06 bits per heavy atom. The Labute approximate surface area is 97.5 Å². The lowest BCUT2D eigenvalue weighted by Gasteiger charge is -2.30. The van der Waals surface area contributed by atoms with Gasteiger partial charge in [0.2, 0.25) is 0 Å². The molecule has 1 aliphatic heterocycles. The lowest BCUT2D eigenvalue weighted by Crippen LogP contribution is -2.35. The summed E-state index contributed by atoms with van der Waals surface area (Å²) in [6.45, 7) is 1.72. The third kappa shape index (κ3) is 5.21. The van der Waals surface area contributed by atoms with E-state index < -0.39 is 6.17 Å². The molecule has 4 heteroatoms. The molecule has 1 unspecified atom stereocenters. The van der Waals surface area contributed by atoms with Gasteiger partial charge in [0.1, 0.15) is 6.17 Å². The van der Waals surface area contributed by atoms with Crippen molar-refractivity contribution >= 4 is 0 Å². The third-order valence-corrected chi connectivity index (χ3v) is 3.25. The molecule has 0 bridgehead atoms. The van der Waals surface area contributed by atoms with E-state index in [1.165, 1.54) is 46.2 Å². The van der Waals surface area contributed by atoms with E-state index in [0.717, 1.165) is 19.0 Å². The highest BCUT2D eigenvalue weighted by Crippen LogP contribution is 2.26. The molecule has 96 valence electrons. The van der Waals surface area contributed by atoms with Gasteiger partial charge < -0.3 is 0 Å². The van der Waals surface area contributed by atoms with Crippen molar-refractivity contribution in [3.05, 3.63) is 0 Å². The minimum Gasteiger partial charge on any atom is -0.297 e. The van der Waals surface area contributed by atoms with Gasteiger partial charge in [-0.3, -0.25) is 4.90 Å². The maximum atomic E-state index is 12.9. The quantitative estimate of drug-likeness (QED) is 0.644. The van der Waals surface area contributed by atoms with Gasteiger partial charge in [-0.1, -0.05) is 19.3 Å². The molecule has 1 heterocycles. The molecule has 2 aliphatic rings. The Balaban J connectivity index is 0.000000280. The van der Waals surface area contributed by atoms with E-state index in [0.29, 0.717) is 11.7 Å². The predicted octanol–water partition coefficient (Wildman–Crippen LogP) is 2.80. The van der Waals surface area contributed by atoms with Crippen molar-refractivity contribution in [2.45, 2.75) is 50.7 Å². The van der Waals surface area contributed by atoms with Crippen LogP contribution in [0, 0.1) is 0 Å². The van der Waals surface area contributed by atoms with Crippen LogP contribution in [0.5, 0.6) is 0 Å². The van der Waals surface area contributed by atoms with Crippen molar-refractivity contribution < 1.29 is 8.87 Å². The maximum Gasteiger partial charge on any atom is 0.114 e. The molecule has 1 atom stereocenters. The molecule has 0 amide bonds. The molecule has 0 aromatic heterocycles. The molecule has 0 spiro atoms. The molecule has 0 aromatic carbocycles. The largest absolute Gasteiger partial charge is 0.297 e. The molecule has 16 heavy (non-hydrogen) atoms. The average molecular weight is 234 g/mol. The highest BCUT2D eigenvalue weighted by Gasteiger charge is 2.28. The van der Waals surface area contributed by atoms with Crippen LogP contribution in [-0.4, -0.2) is 49.4 Å². The van der Waals surface area contributed by atoms with Crippen molar-refractivity contribution in [1.82, 2.24) is 10.0 Å². The Morgan fingerprint density at radius 1 is 1.06 bits per heavy atom. The number of halogens is 2. The first kappa shape index (κ1) is 13.8. The number of alkyl halides is 1. The number of rotatable bonds is 1. The molecular weight excluding hydrogens is 210 g/mol. The van der Waals surface area contributed by atoms with Crippen molar-refractivity contribution in [3.8, 4) is 0 Å². The van der Waals surface area contributed by atoms with E-state index in [-0.39, 0.29) is 0 Å². The van der Waals surface area contributed by atoms with Crippen LogP contribution in [-0.2, 0) is 0 Å². The molecular formula is C12H24F2N2. The Kier molecular flexibility index (Phi) is 6.21. The average Bonchev–Trinajstić information content (AvgIpc) is 2.65. The van der Waals surface area contributed by atoms with Crippen LogP contribution in [0.2, 0.25) is 0 Å². The minimum absolute atomic E-state index is 0.500.